The third kappa shape index (κ3) is 5.53. The molecule has 17 heavy (non-hydrogen) atoms. The predicted molar refractivity (Wildman–Crippen MR) is 61.9 cm³/mol. The summed E-state index contributed by atoms with van der Waals surface area (Å²) >= 11 is 0. The highest BCUT2D eigenvalue weighted by atomic mass is 16.5. The molecule has 1 aliphatic rings. The van der Waals surface area contributed by atoms with Gasteiger partial charge < -0.3 is 20.1 Å². The summed E-state index contributed by atoms with van der Waals surface area (Å²) in [5.74, 6) is -0.834. The van der Waals surface area contributed by atoms with Crippen LogP contribution in [0.25, 0.3) is 0 Å². The van der Waals surface area contributed by atoms with Gasteiger partial charge in [0.15, 0.2) is 0 Å². The molecule has 1 atom stereocenters. The fourth-order valence-corrected chi connectivity index (χ4v) is 1.71. The number of urea groups is 1. The van der Waals surface area contributed by atoms with Crippen molar-refractivity contribution in [1.29, 1.82) is 0 Å². The van der Waals surface area contributed by atoms with Crippen molar-refractivity contribution in [3.63, 3.8) is 0 Å². The van der Waals surface area contributed by atoms with Crippen molar-refractivity contribution in [3.8, 4) is 0 Å². The molecule has 6 heteroatoms. The first kappa shape index (κ1) is 13.8. The van der Waals surface area contributed by atoms with E-state index in [1.807, 2.05) is 0 Å². The third-order valence-corrected chi connectivity index (χ3v) is 2.72. The second-order valence-electron chi connectivity index (χ2n) is 4.28. The minimum absolute atomic E-state index is 0.0816. The van der Waals surface area contributed by atoms with E-state index in [9.17, 15) is 9.59 Å². The molecule has 0 aromatic carbocycles. The van der Waals surface area contributed by atoms with Crippen LogP contribution in [0, 0.1) is 0 Å². The molecular weight excluding hydrogens is 224 g/mol. The molecule has 1 fully saturated rings. The highest BCUT2D eigenvalue weighted by Crippen LogP contribution is 2.06. The minimum atomic E-state index is -0.834. The Morgan fingerprint density at radius 3 is 2.88 bits per heavy atom. The quantitative estimate of drug-likeness (QED) is 0.745. The highest BCUT2D eigenvalue weighted by molar-refractivity contribution is 5.74. The summed E-state index contributed by atoms with van der Waals surface area (Å²) < 4.78 is 5.26. The number of hydrogen-bond donors (Lipinski definition) is 2. The molecule has 0 saturated carbocycles. The molecule has 1 heterocycles. The summed E-state index contributed by atoms with van der Waals surface area (Å²) in [7, 11) is 1.67. The Morgan fingerprint density at radius 1 is 1.53 bits per heavy atom. The van der Waals surface area contributed by atoms with E-state index in [2.05, 4.69) is 5.32 Å². The monoisotopic (exact) mass is 244 g/mol. The van der Waals surface area contributed by atoms with Crippen molar-refractivity contribution in [2.24, 2.45) is 0 Å². The molecule has 1 unspecified atom stereocenters. The van der Waals surface area contributed by atoms with Crippen LogP contribution < -0.4 is 5.32 Å². The Kier molecular flexibility index (Phi) is 5.76. The highest BCUT2D eigenvalue weighted by Gasteiger charge is 2.18. The first-order chi connectivity index (χ1) is 8.09. The van der Waals surface area contributed by atoms with Gasteiger partial charge in [0.05, 0.1) is 12.6 Å². The summed E-state index contributed by atoms with van der Waals surface area (Å²) in [5, 5.41) is 11.4. The van der Waals surface area contributed by atoms with Crippen LogP contribution in [0.1, 0.15) is 25.7 Å². The van der Waals surface area contributed by atoms with Gasteiger partial charge in [-0.1, -0.05) is 0 Å². The smallest absolute Gasteiger partial charge is 0.317 e. The van der Waals surface area contributed by atoms with Gasteiger partial charge >= 0.3 is 12.0 Å². The normalized spacial score (nSPS) is 19.7. The van der Waals surface area contributed by atoms with Crippen LogP contribution in [0.4, 0.5) is 4.79 Å². The fraction of sp³-hybridized carbons (Fsp3) is 0.818. The van der Waals surface area contributed by atoms with Gasteiger partial charge in [-0.25, -0.2) is 4.79 Å². The number of rotatable bonds is 5. The lowest BCUT2D eigenvalue weighted by Gasteiger charge is -2.26. The van der Waals surface area contributed by atoms with E-state index in [1.165, 1.54) is 4.90 Å². The Balaban J connectivity index is 2.18. The van der Waals surface area contributed by atoms with E-state index in [4.69, 9.17) is 9.84 Å². The average molecular weight is 244 g/mol. The zero-order chi connectivity index (χ0) is 12.7. The molecule has 0 spiro atoms. The molecule has 0 aromatic heterocycles. The van der Waals surface area contributed by atoms with E-state index >= 15 is 0 Å². The van der Waals surface area contributed by atoms with Gasteiger partial charge in [-0.15, -0.1) is 0 Å². The average Bonchev–Trinajstić information content (AvgIpc) is 2.29. The number of nitrogens with zero attached hydrogens (tertiary/aromatic N) is 1. The predicted octanol–water partition coefficient (Wildman–Crippen LogP) is 0.672. The van der Waals surface area contributed by atoms with Crippen LogP contribution >= 0.6 is 0 Å². The van der Waals surface area contributed by atoms with Gasteiger partial charge in [0.25, 0.3) is 0 Å². The molecule has 6 nitrogen and oxygen atoms in total. The van der Waals surface area contributed by atoms with Crippen molar-refractivity contribution in [2.75, 3.05) is 26.8 Å². The van der Waals surface area contributed by atoms with Crippen LogP contribution in [-0.4, -0.2) is 54.9 Å². The molecule has 0 radical (unpaired) electrons. The van der Waals surface area contributed by atoms with Crippen LogP contribution in [0.3, 0.4) is 0 Å². The lowest BCUT2D eigenvalue weighted by atomic mass is 10.1. The second kappa shape index (κ2) is 7.11. The van der Waals surface area contributed by atoms with Gasteiger partial charge in [-0.05, 0) is 19.3 Å². The van der Waals surface area contributed by atoms with Crippen LogP contribution in [0.15, 0.2) is 0 Å². The van der Waals surface area contributed by atoms with Crippen molar-refractivity contribution in [3.05, 3.63) is 0 Å². The van der Waals surface area contributed by atoms with Gasteiger partial charge in [-0.2, -0.15) is 0 Å². The summed E-state index contributed by atoms with van der Waals surface area (Å²) in [5.41, 5.74) is 0. The van der Waals surface area contributed by atoms with Crippen molar-refractivity contribution in [1.82, 2.24) is 10.2 Å². The molecule has 1 saturated heterocycles. The molecular formula is C11H20N2O4. The number of aliphatic carboxylic acids is 1. The molecule has 2 N–H and O–H groups in total. The second-order valence-corrected chi connectivity index (χ2v) is 4.28. The molecule has 1 aliphatic heterocycles. The van der Waals surface area contributed by atoms with Gasteiger partial charge in [0.1, 0.15) is 0 Å². The maximum Gasteiger partial charge on any atom is 0.317 e. The Bertz CT molecular complexity index is 264. The Morgan fingerprint density at radius 2 is 2.29 bits per heavy atom. The van der Waals surface area contributed by atoms with Crippen molar-refractivity contribution >= 4 is 12.0 Å². The minimum Gasteiger partial charge on any atom is -0.481 e. The zero-order valence-electron chi connectivity index (χ0n) is 10.1. The first-order valence-electron chi connectivity index (χ1n) is 5.90. The van der Waals surface area contributed by atoms with Gasteiger partial charge in [-0.3, -0.25) is 4.79 Å². The summed E-state index contributed by atoms with van der Waals surface area (Å²) in [6.07, 6.45) is 2.47. The van der Waals surface area contributed by atoms with Gasteiger partial charge in [0, 0.05) is 26.6 Å². The van der Waals surface area contributed by atoms with Gasteiger partial charge in [0.2, 0.25) is 0 Å². The Hall–Kier alpha value is -1.30. The lowest BCUT2D eigenvalue weighted by Crippen LogP contribution is -2.46. The number of carbonyl (C=O) groups is 2. The topological polar surface area (TPSA) is 78.9 Å². The van der Waals surface area contributed by atoms with Crippen LogP contribution in [0.2, 0.25) is 0 Å². The molecule has 1 rings (SSSR count). The van der Waals surface area contributed by atoms with E-state index < -0.39 is 5.97 Å². The van der Waals surface area contributed by atoms with Crippen molar-refractivity contribution in [2.45, 2.75) is 31.7 Å². The largest absolute Gasteiger partial charge is 0.481 e. The molecule has 2 amide bonds. The van der Waals surface area contributed by atoms with E-state index in [0.717, 1.165) is 19.4 Å². The van der Waals surface area contributed by atoms with E-state index in [0.29, 0.717) is 19.6 Å². The standard InChI is InChI=1S/C11H20N2O4/c1-13(6-2-5-10(14)15)11(16)12-9-4-3-7-17-8-9/h9H,2-8H2,1H3,(H,12,16)(H,14,15). The zero-order valence-corrected chi connectivity index (χ0v) is 10.1. The van der Waals surface area contributed by atoms with E-state index in [-0.39, 0.29) is 18.5 Å². The fourth-order valence-electron chi connectivity index (χ4n) is 1.71. The lowest BCUT2D eigenvalue weighted by molar-refractivity contribution is -0.137. The maximum absolute atomic E-state index is 11.7. The molecule has 0 aliphatic carbocycles. The number of carboxylic acid groups (broad SMARTS) is 1. The maximum atomic E-state index is 11.7. The van der Waals surface area contributed by atoms with Crippen molar-refractivity contribution < 1.29 is 19.4 Å². The van der Waals surface area contributed by atoms with E-state index in [1.54, 1.807) is 7.05 Å². The number of carbonyl (C=O) groups excluding carboxylic acids is 1. The summed E-state index contributed by atoms with van der Waals surface area (Å²) in [6.45, 7) is 1.78. The first-order valence-corrected chi connectivity index (χ1v) is 5.90. The summed E-state index contributed by atoms with van der Waals surface area (Å²) in [6, 6.07) is -0.0796. The summed E-state index contributed by atoms with van der Waals surface area (Å²) in [4.78, 5) is 23.5. The Labute approximate surface area is 101 Å². The third-order valence-electron chi connectivity index (χ3n) is 2.72. The molecule has 98 valence electrons. The SMILES string of the molecule is CN(CCCC(=O)O)C(=O)NC1CCCOC1. The number of hydrogen-bond acceptors (Lipinski definition) is 3. The number of nitrogens with one attached hydrogen (secondary N) is 1. The molecule has 0 bridgehead atoms. The number of carboxylic acids is 1. The van der Waals surface area contributed by atoms with Crippen LogP contribution in [0.5, 0.6) is 0 Å². The number of ether oxygens (including phenoxy) is 1. The molecule has 0 aromatic rings. The van der Waals surface area contributed by atoms with Crippen LogP contribution in [-0.2, 0) is 9.53 Å². The number of amides is 2.